The van der Waals surface area contributed by atoms with Crippen molar-refractivity contribution in [1.82, 2.24) is 4.98 Å². The van der Waals surface area contributed by atoms with E-state index in [0.717, 1.165) is 10.2 Å². The minimum atomic E-state index is -0.269. The van der Waals surface area contributed by atoms with Crippen LogP contribution in [0.25, 0.3) is 10.2 Å². The van der Waals surface area contributed by atoms with Crippen LogP contribution in [0.2, 0.25) is 0 Å². The number of carbonyl (C=O) groups is 2. The van der Waals surface area contributed by atoms with E-state index in [4.69, 9.17) is 4.74 Å². The molecule has 0 bridgehead atoms. The first-order valence-corrected chi connectivity index (χ1v) is 10.0. The molecule has 0 atom stereocenters. The number of aromatic nitrogens is 1. The minimum absolute atomic E-state index is 0.171. The zero-order valence-corrected chi connectivity index (χ0v) is 16.4. The predicted molar refractivity (Wildman–Crippen MR) is 113 cm³/mol. The maximum atomic E-state index is 12.5. The van der Waals surface area contributed by atoms with Crippen LogP contribution in [0.5, 0.6) is 5.75 Å². The Bertz CT molecular complexity index is 1140. The lowest BCUT2D eigenvalue weighted by atomic mass is 10.2. The van der Waals surface area contributed by atoms with E-state index >= 15 is 0 Å². The molecule has 0 fully saturated rings. The summed E-state index contributed by atoms with van der Waals surface area (Å²) in [7, 11) is 1.59. The zero-order chi connectivity index (χ0) is 19.5. The Labute approximate surface area is 168 Å². The number of nitrogens with zero attached hydrogens (tertiary/aromatic N) is 1. The average Bonchev–Trinajstić information content (AvgIpc) is 3.37. The number of hydrogen-bond donors (Lipinski definition) is 2. The summed E-state index contributed by atoms with van der Waals surface area (Å²) in [5, 5.41) is 7.96. The van der Waals surface area contributed by atoms with Crippen molar-refractivity contribution in [2.75, 3.05) is 17.7 Å². The molecule has 0 aliphatic heterocycles. The maximum absolute atomic E-state index is 12.5. The molecule has 0 aliphatic rings. The van der Waals surface area contributed by atoms with Gasteiger partial charge in [-0.25, -0.2) is 4.98 Å². The molecule has 2 N–H and O–H groups in total. The lowest BCUT2D eigenvalue weighted by molar-refractivity contribution is 0.102. The molecule has 2 amide bonds. The van der Waals surface area contributed by atoms with Crippen molar-refractivity contribution in [3.63, 3.8) is 0 Å². The van der Waals surface area contributed by atoms with E-state index in [0.29, 0.717) is 27.0 Å². The highest BCUT2D eigenvalue weighted by molar-refractivity contribution is 7.22. The molecule has 140 valence electrons. The van der Waals surface area contributed by atoms with Gasteiger partial charge in [-0.15, -0.1) is 11.3 Å². The molecule has 28 heavy (non-hydrogen) atoms. The number of hydrogen-bond acceptors (Lipinski definition) is 6. The number of fused-ring (bicyclic) bond motifs is 1. The van der Waals surface area contributed by atoms with Crippen molar-refractivity contribution in [2.45, 2.75) is 0 Å². The third-order valence-corrected chi connectivity index (χ3v) is 5.78. The number of benzene rings is 2. The monoisotopic (exact) mass is 409 g/mol. The number of thiophene rings is 1. The summed E-state index contributed by atoms with van der Waals surface area (Å²) < 4.78 is 6.23. The van der Waals surface area contributed by atoms with Gasteiger partial charge in [-0.05, 0) is 47.8 Å². The smallest absolute Gasteiger partial charge is 0.265 e. The summed E-state index contributed by atoms with van der Waals surface area (Å²) in [6.07, 6.45) is 0. The number of ether oxygens (including phenoxy) is 1. The van der Waals surface area contributed by atoms with Crippen molar-refractivity contribution in [1.29, 1.82) is 0 Å². The van der Waals surface area contributed by atoms with E-state index in [9.17, 15) is 9.59 Å². The molecule has 2 aromatic heterocycles. The van der Waals surface area contributed by atoms with Gasteiger partial charge in [0.1, 0.15) is 11.3 Å². The fraction of sp³-hybridized carbons (Fsp3) is 0.0500. The van der Waals surface area contributed by atoms with Gasteiger partial charge in [-0.3, -0.25) is 14.9 Å². The Morgan fingerprint density at radius 3 is 2.50 bits per heavy atom. The Hall–Kier alpha value is -3.23. The molecule has 0 saturated heterocycles. The third-order valence-electron chi connectivity index (χ3n) is 3.97. The first kappa shape index (κ1) is 18.1. The van der Waals surface area contributed by atoms with Gasteiger partial charge in [0.2, 0.25) is 0 Å². The van der Waals surface area contributed by atoms with Crippen molar-refractivity contribution < 1.29 is 14.3 Å². The normalized spacial score (nSPS) is 10.6. The number of methoxy groups -OCH3 is 1. The molecule has 0 unspecified atom stereocenters. The Morgan fingerprint density at radius 1 is 0.964 bits per heavy atom. The Morgan fingerprint density at radius 2 is 1.79 bits per heavy atom. The van der Waals surface area contributed by atoms with Crippen LogP contribution in [-0.4, -0.2) is 23.9 Å². The number of amides is 2. The van der Waals surface area contributed by atoms with Crippen molar-refractivity contribution >= 4 is 55.5 Å². The molecular weight excluding hydrogens is 394 g/mol. The number of rotatable bonds is 5. The summed E-state index contributed by atoms with van der Waals surface area (Å²) in [5.41, 5.74) is 1.82. The predicted octanol–water partition coefficient (Wildman–Crippen LogP) is 4.87. The summed E-state index contributed by atoms with van der Waals surface area (Å²) in [6.45, 7) is 0. The van der Waals surface area contributed by atoms with E-state index < -0.39 is 0 Å². The van der Waals surface area contributed by atoms with Gasteiger partial charge in [0.05, 0.1) is 16.7 Å². The first-order chi connectivity index (χ1) is 13.6. The van der Waals surface area contributed by atoms with Crippen LogP contribution >= 0.6 is 22.7 Å². The second-order valence-corrected chi connectivity index (χ2v) is 7.77. The minimum Gasteiger partial charge on any atom is -0.494 e. The van der Waals surface area contributed by atoms with E-state index in [2.05, 4.69) is 15.6 Å². The highest BCUT2D eigenvalue weighted by Crippen LogP contribution is 2.32. The third kappa shape index (κ3) is 3.73. The molecule has 0 saturated carbocycles. The van der Waals surface area contributed by atoms with Crippen molar-refractivity contribution in [3.05, 3.63) is 70.4 Å². The second kappa shape index (κ2) is 7.79. The number of nitrogens with one attached hydrogen (secondary N) is 2. The Balaban J connectivity index is 1.46. The summed E-state index contributed by atoms with van der Waals surface area (Å²) in [4.78, 5) is 29.7. The van der Waals surface area contributed by atoms with Crippen LogP contribution in [0.15, 0.2) is 60.0 Å². The molecule has 0 radical (unpaired) electrons. The van der Waals surface area contributed by atoms with Gasteiger partial charge in [0.25, 0.3) is 11.8 Å². The zero-order valence-electron chi connectivity index (χ0n) is 14.8. The van der Waals surface area contributed by atoms with E-state index in [1.54, 1.807) is 37.4 Å². The molecular formula is C20H15N3O3S2. The molecule has 2 heterocycles. The first-order valence-electron chi connectivity index (χ1n) is 8.34. The van der Waals surface area contributed by atoms with Crippen LogP contribution in [0.1, 0.15) is 20.0 Å². The number of carbonyl (C=O) groups excluding carboxylic acids is 2. The molecule has 0 spiro atoms. The lowest BCUT2D eigenvalue weighted by Crippen LogP contribution is -2.13. The maximum Gasteiger partial charge on any atom is 0.265 e. The fourth-order valence-electron chi connectivity index (χ4n) is 2.62. The SMILES string of the molecule is COc1cccc2sc(NC(=O)c3ccc(NC(=O)c4cccs4)cc3)nc12. The molecule has 8 heteroatoms. The van der Waals surface area contributed by atoms with Crippen LogP contribution in [0.3, 0.4) is 0 Å². The van der Waals surface area contributed by atoms with Gasteiger partial charge in [0.15, 0.2) is 5.13 Å². The Kier molecular flexibility index (Phi) is 5.05. The van der Waals surface area contributed by atoms with Crippen LogP contribution in [0.4, 0.5) is 10.8 Å². The standard InChI is InChI=1S/C20H15N3O3S2/c1-26-14-4-2-5-15-17(14)22-20(28-15)23-18(24)12-7-9-13(10-8-12)21-19(25)16-6-3-11-27-16/h2-11H,1H3,(H,21,25)(H,22,23,24). The molecule has 4 rings (SSSR count). The number of anilines is 2. The fourth-order valence-corrected chi connectivity index (χ4v) is 4.11. The van der Waals surface area contributed by atoms with E-state index in [1.165, 1.54) is 22.7 Å². The van der Waals surface area contributed by atoms with Crippen molar-refractivity contribution in [2.24, 2.45) is 0 Å². The van der Waals surface area contributed by atoms with E-state index in [-0.39, 0.29) is 11.8 Å². The second-order valence-electron chi connectivity index (χ2n) is 5.79. The van der Waals surface area contributed by atoms with E-state index in [1.807, 2.05) is 29.6 Å². The highest BCUT2D eigenvalue weighted by Gasteiger charge is 2.13. The van der Waals surface area contributed by atoms with Gasteiger partial charge in [0, 0.05) is 11.3 Å². The van der Waals surface area contributed by atoms with Crippen LogP contribution < -0.4 is 15.4 Å². The van der Waals surface area contributed by atoms with Crippen LogP contribution in [0, 0.1) is 0 Å². The van der Waals surface area contributed by atoms with Gasteiger partial charge >= 0.3 is 0 Å². The van der Waals surface area contributed by atoms with Gasteiger partial charge in [-0.2, -0.15) is 0 Å². The quantitative estimate of drug-likeness (QED) is 0.493. The van der Waals surface area contributed by atoms with Crippen molar-refractivity contribution in [3.8, 4) is 5.75 Å². The summed E-state index contributed by atoms with van der Waals surface area (Å²) >= 11 is 2.75. The highest BCUT2D eigenvalue weighted by atomic mass is 32.1. The molecule has 4 aromatic rings. The average molecular weight is 409 g/mol. The largest absolute Gasteiger partial charge is 0.494 e. The lowest BCUT2D eigenvalue weighted by Gasteiger charge is -2.05. The van der Waals surface area contributed by atoms with Crippen LogP contribution in [-0.2, 0) is 0 Å². The summed E-state index contributed by atoms with van der Waals surface area (Å²) in [5.74, 6) is 0.227. The summed E-state index contributed by atoms with van der Waals surface area (Å²) in [6, 6.07) is 15.9. The molecule has 6 nitrogen and oxygen atoms in total. The molecule has 2 aromatic carbocycles. The number of thiazole rings is 1. The van der Waals surface area contributed by atoms with Gasteiger partial charge < -0.3 is 10.1 Å². The molecule has 0 aliphatic carbocycles. The van der Waals surface area contributed by atoms with Gasteiger partial charge in [-0.1, -0.05) is 23.5 Å². The number of para-hydroxylation sites is 1. The topological polar surface area (TPSA) is 80.3 Å².